The summed E-state index contributed by atoms with van der Waals surface area (Å²) in [5.41, 5.74) is 4.01. The van der Waals surface area contributed by atoms with Gasteiger partial charge in [0.25, 0.3) is 0 Å². The van der Waals surface area contributed by atoms with Crippen LogP contribution in [0.1, 0.15) is 57.6 Å². The normalized spacial score (nSPS) is 12.2. The van der Waals surface area contributed by atoms with E-state index in [0.717, 1.165) is 5.82 Å². The first-order valence-electron chi connectivity index (χ1n) is 7.68. The van der Waals surface area contributed by atoms with Crippen LogP contribution in [-0.4, -0.2) is 11.2 Å². The van der Waals surface area contributed by atoms with Crippen LogP contribution in [0, 0.1) is 0 Å². The van der Waals surface area contributed by atoms with Gasteiger partial charge in [0.1, 0.15) is 11.9 Å². The summed E-state index contributed by atoms with van der Waals surface area (Å²) < 4.78 is 2.21. The summed E-state index contributed by atoms with van der Waals surface area (Å²) in [5, 5.41) is 0. The molecule has 0 bridgehead atoms. The molecule has 0 N–H and O–H groups in total. The van der Waals surface area contributed by atoms with Crippen molar-refractivity contribution in [2.24, 2.45) is 0 Å². The van der Waals surface area contributed by atoms with Crippen molar-refractivity contribution >= 4 is 17.7 Å². The molecule has 0 aliphatic heterocycles. The molecule has 2 heteroatoms. The van der Waals surface area contributed by atoms with Gasteiger partial charge in [-0.05, 0) is 29.8 Å². The van der Waals surface area contributed by atoms with Gasteiger partial charge in [-0.25, -0.2) is 4.58 Å². The number of pyridine rings is 1. The SMILES string of the molecule is CC=[N+](c1ccccn1)c1c(C(C)C)cccc1C(C)C. The zero-order valence-corrected chi connectivity index (χ0v) is 13.7. The Hall–Kier alpha value is -1.96. The Labute approximate surface area is 128 Å². The average Bonchev–Trinajstić information content (AvgIpc) is 2.48. The van der Waals surface area contributed by atoms with Crippen molar-refractivity contribution in [3.63, 3.8) is 0 Å². The second-order valence-corrected chi connectivity index (χ2v) is 5.91. The van der Waals surface area contributed by atoms with E-state index in [1.54, 1.807) is 0 Å². The van der Waals surface area contributed by atoms with E-state index in [-0.39, 0.29) is 0 Å². The summed E-state index contributed by atoms with van der Waals surface area (Å²) >= 11 is 0. The van der Waals surface area contributed by atoms with Gasteiger partial charge < -0.3 is 0 Å². The monoisotopic (exact) mass is 281 g/mol. The number of rotatable bonds is 4. The quantitative estimate of drug-likeness (QED) is 0.552. The van der Waals surface area contributed by atoms with Gasteiger partial charge in [-0.3, -0.25) is 0 Å². The van der Waals surface area contributed by atoms with Crippen molar-refractivity contribution in [2.75, 3.05) is 0 Å². The molecule has 2 rings (SSSR count). The smallest absolute Gasteiger partial charge is 0.200 e. The van der Waals surface area contributed by atoms with E-state index >= 15 is 0 Å². The third kappa shape index (κ3) is 3.21. The Morgan fingerprint density at radius 1 is 0.905 bits per heavy atom. The number of hydrogen-bond donors (Lipinski definition) is 0. The van der Waals surface area contributed by atoms with Crippen molar-refractivity contribution in [2.45, 2.75) is 46.5 Å². The summed E-state index contributed by atoms with van der Waals surface area (Å²) in [4.78, 5) is 4.52. The van der Waals surface area contributed by atoms with Gasteiger partial charge in [0.05, 0.1) is 6.21 Å². The minimum atomic E-state index is 0.477. The molecule has 2 nitrogen and oxygen atoms in total. The molecule has 0 fully saturated rings. The van der Waals surface area contributed by atoms with Crippen molar-refractivity contribution in [3.05, 3.63) is 53.7 Å². The van der Waals surface area contributed by atoms with Crippen LogP contribution in [0.2, 0.25) is 0 Å². The predicted octanol–water partition coefficient (Wildman–Crippen LogP) is 5.25. The van der Waals surface area contributed by atoms with Crippen LogP contribution in [0.15, 0.2) is 42.6 Å². The van der Waals surface area contributed by atoms with E-state index in [9.17, 15) is 0 Å². The number of para-hydroxylation sites is 1. The molecule has 0 unspecified atom stereocenters. The van der Waals surface area contributed by atoms with Crippen LogP contribution in [0.25, 0.3) is 0 Å². The van der Waals surface area contributed by atoms with Crippen LogP contribution in [0.5, 0.6) is 0 Å². The predicted molar refractivity (Wildman–Crippen MR) is 92.0 cm³/mol. The third-order valence-corrected chi connectivity index (χ3v) is 3.74. The van der Waals surface area contributed by atoms with Gasteiger partial charge in [-0.1, -0.05) is 52.0 Å². The number of nitrogens with zero attached hydrogens (tertiary/aromatic N) is 2. The molecule has 1 aromatic carbocycles. The van der Waals surface area contributed by atoms with Crippen molar-refractivity contribution < 1.29 is 0 Å². The Kier molecular flexibility index (Phi) is 4.89. The fraction of sp³-hybridized carbons (Fsp3) is 0.368. The Bertz CT molecular complexity index is 599. The van der Waals surface area contributed by atoms with Crippen LogP contribution >= 0.6 is 0 Å². The van der Waals surface area contributed by atoms with E-state index < -0.39 is 0 Å². The minimum absolute atomic E-state index is 0.477. The molecular weight excluding hydrogens is 256 g/mol. The van der Waals surface area contributed by atoms with Gasteiger partial charge in [-0.15, -0.1) is 0 Å². The molecule has 0 amide bonds. The first-order valence-corrected chi connectivity index (χ1v) is 7.68. The molecule has 1 aromatic heterocycles. The Morgan fingerprint density at radius 2 is 1.52 bits per heavy atom. The second kappa shape index (κ2) is 6.66. The van der Waals surface area contributed by atoms with Crippen molar-refractivity contribution in [3.8, 4) is 0 Å². The van der Waals surface area contributed by atoms with Crippen LogP contribution in [0.3, 0.4) is 0 Å². The first kappa shape index (κ1) is 15.4. The summed E-state index contributed by atoms with van der Waals surface area (Å²) in [6, 6.07) is 12.7. The average molecular weight is 281 g/mol. The molecule has 0 atom stereocenters. The standard InChI is InChI=1S/C19H25N2/c1-6-21(18-12-7-8-13-20-18)19-16(14(2)3)10-9-11-17(19)15(4)5/h6-15H,1-5H3/q+1. The zero-order valence-electron chi connectivity index (χ0n) is 13.7. The number of aromatic nitrogens is 1. The van der Waals surface area contributed by atoms with Gasteiger partial charge in [-0.2, -0.15) is 0 Å². The summed E-state index contributed by atoms with van der Waals surface area (Å²) in [5.74, 6) is 1.92. The Balaban J connectivity index is 2.71. The maximum atomic E-state index is 4.52. The fourth-order valence-corrected chi connectivity index (χ4v) is 2.66. The topological polar surface area (TPSA) is 15.9 Å². The van der Waals surface area contributed by atoms with E-state index in [2.05, 4.69) is 74.7 Å². The lowest BCUT2D eigenvalue weighted by atomic mass is 9.92. The maximum Gasteiger partial charge on any atom is 0.327 e. The lowest BCUT2D eigenvalue weighted by Crippen LogP contribution is -2.12. The molecule has 21 heavy (non-hydrogen) atoms. The summed E-state index contributed by atoms with van der Waals surface area (Å²) in [7, 11) is 0. The molecular formula is C19H25N2+. The molecule has 1 heterocycles. The van der Waals surface area contributed by atoms with Gasteiger partial charge >= 0.3 is 5.82 Å². The highest BCUT2D eigenvalue weighted by Gasteiger charge is 2.22. The van der Waals surface area contributed by atoms with Gasteiger partial charge in [0.2, 0.25) is 0 Å². The van der Waals surface area contributed by atoms with Crippen LogP contribution < -0.4 is 4.58 Å². The highest BCUT2D eigenvalue weighted by molar-refractivity contribution is 5.72. The largest absolute Gasteiger partial charge is 0.327 e. The van der Waals surface area contributed by atoms with E-state index in [4.69, 9.17) is 0 Å². The fourth-order valence-electron chi connectivity index (χ4n) is 2.66. The number of hydrogen-bond acceptors (Lipinski definition) is 1. The second-order valence-electron chi connectivity index (χ2n) is 5.91. The van der Waals surface area contributed by atoms with Gasteiger partial charge in [0.15, 0.2) is 0 Å². The van der Waals surface area contributed by atoms with Crippen molar-refractivity contribution in [1.82, 2.24) is 9.56 Å². The molecule has 0 saturated heterocycles. The number of benzene rings is 1. The summed E-state index contributed by atoms with van der Waals surface area (Å²) in [6.45, 7) is 11.0. The molecule has 0 spiro atoms. The molecule has 0 aliphatic carbocycles. The van der Waals surface area contributed by atoms with Gasteiger partial charge in [0, 0.05) is 17.2 Å². The van der Waals surface area contributed by atoms with Crippen molar-refractivity contribution in [1.29, 1.82) is 0 Å². The molecule has 0 radical (unpaired) electrons. The lowest BCUT2D eigenvalue weighted by Gasteiger charge is -2.18. The lowest BCUT2D eigenvalue weighted by molar-refractivity contribution is 0.809. The van der Waals surface area contributed by atoms with Crippen LogP contribution in [-0.2, 0) is 0 Å². The third-order valence-electron chi connectivity index (χ3n) is 3.74. The molecule has 110 valence electrons. The summed E-state index contributed by atoms with van der Waals surface area (Å²) in [6.07, 6.45) is 3.95. The maximum absolute atomic E-state index is 4.52. The van der Waals surface area contributed by atoms with E-state index in [1.807, 2.05) is 18.3 Å². The minimum Gasteiger partial charge on any atom is -0.200 e. The highest BCUT2D eigenvalue weighted by atomic mass is 15.1. The molecule has 2 aromatic rings. The molecule has 0 aliphatic rings. The van der Waals surface area contributed by atoms with Crippen LogP contribution in [0.4, 0.5) is 11.5 Å². The zero-order chi connectivity index (χ0) is 15.4. The van der Waals surface area contributed by atoms with E-state index in [0.29, 0.717) is 11.8 Å². The highest BCUT2D eigenvalue weighted by Crippen LogP contribution is 2.35. The molecule has 0 saturated carbocycles. The van der Waals surface area contributed by atoms with E-state index in [1.165, 1.54) is 16.8 Å². The Morgan fingerprint density at radius 3 is 1.95 bits per heavy atom. The first-order chi connectivity index (χ1) is 10.1.